The first-order valence-electron chi connectivity index (χ1n) is 10.6. The van der Waals surface area contributed by atoms with Crippen molar-refractivity contribution in [1.29, 1.82) is 5.26 Å². The van der Waals surface area contributed by atoms with Crippen LogP contribution in [0.15, 0.2) is 69.9 Å². The number of nitrogens with zero attached hydrogens (tertiary/aromatic N) is 3. The van der Waals surface area contributed by atoms with Gasteiger partial charge < -0.3 is 5.32 Å². The second kappa shape index (κ2) is 8.85. The van der Waals surface area contributed by atoms with E-state index in [4.69, 9.17) is 4.98 Å². The Balaban J connectivity index is 1.53. The zero-order valence-electron chi connectivity index (χ0n) is 17.8. The van der Waals surface area contributed by atoms with Crippen LogP contribution in [-0.2, 0) is 4.79 Å². The molecule has 4 aromatic rings. The number of nitriles is 1. The SMILES string of the molecule is CC(Sc1nc2scc(C3CC3)c2c(=O)n1-c1ccccc1)C(=O)Nc1ccccc1C#N. The molecule has 1 atom stereocenters. The summed E-state index contributed by atoms with van der Waals surface area (Å²) in [5, 5.41) is 14.8. The molecule has 1 N–H and O–H groups in total. The minimum atomic E-state index is -0.543. The number of thioether (sulfide) groups is 1. The smallest absolute Gasteiger partial charge is 0.267 e. The van der Waals surface area contributed by atoms with Gasteiger partial charge in [-0.1, -0.05) is 42.1 Å². The Labute approximate surface area is 198 Å². The number of carbonyl (C=O) groups is 1. The van der Waals surface area contributed by atoms with Gasteiger partial charge in [-0.2, -0.15) is 5.26 Å². The molecule has 8 heteroatoms. The van der Waals surface area contributed by atoms with Crippen LogP contribution in [0.3, 0.4) is 0 Å². The summed E-state index contributed by atoms with van der Waals surface area (Å²) in [5.74, 6) is 0.183. The molecule has 1 saturated carbocycles. The molecule has 0 radical (unpaired) electrons. The van der Waals surface area contributed by atoms with E-state index in [9.17, 15) is 14.9 Å². The Morgan fingerprint density at radius 3 is 2.67 bits per heavy atom. The maximum atomic E-state index is 13.7. The summed E-state index contributed by atoms with van der Waals surface area (Å²) in [4.78, 5) is 32.1. The normalized spacial score (nSPS) is 14.1. The highest BCUT2D eigenvalue weighted by Gasteiger charge is 2.29. The van der Waals surface area contributed by atoms with Crippen LogP contribution >= 0.6 is 23.1 Å². The van der Waals surface area contributed by atoms with Crippen LogP contribution in [0.2, 0.25) is 0 Å². The molecule has 1 unspecified atom stereocenters. The van der Waals surface area contributed by atoms with E-state index in [0.29, 0.717) is 32.5 Å². The number of para-hydroxylation sites is 2. The van der Waals surface area contributed by atoms with Crippen LogP contribution in [0.5, 0.6) is 0 Å². The molecular formula is C25H20N4O2S2. The molecule has 2 heterocycles. The van der Waals surface area contributed by atoms with Crippen LogP contribution in [0.25, 0.3) is 15.9 Å². The predicted molar refractivity (Wildman–Crippen MR) is 132 cm³/mol. The minimum Gasteiger partial charge on any atom is -0.324 e. The second-order valence-electron chi connectivity index (χ2n) is 7.92. The molecule has 1 aliphatic rings. The van der Waals surface area contributed by atoms with Crippen molar-refractivity contribution in [3.8, 4) is 11.8 Å². The highest BCUT2D eigenvalue weighted by molar-refractivity contribution is 8.00. The molecule has 0 saturated heterocycles. The Bertz CT molecular complexity index is 1450. The van der Waals surface area contributed by atoms with Gasteiger partial charge in [-0.15, -0.1) is 11.3 Å². The van der Waals surface area contributed by atoms with E-state index in [1.54, 1.807) is 35.8 Å². The molecule has 6 nitrogen and oxygen atoms in total. The monoisotopic (exact) mass is 472 g/mol. The first-order valence-corrected chi connectivity index (χ1v) is 12.4. The fourth-order valence-corrected chi connectivity index (χ4v) is 5.70. The number of fused-ring (bicyclic) bond motifs is 1. The lowest BCUT2D eigenvalue weighted by Gasteiger charge is -2.16. The zero-order chi connectivity index (χ0) is 22.9. The molecule has 2 aromatic heterocycles. The van der Waals surface area contributed by atoms with Gasteiger partial charge in [0.15, 0.2) is 5.16 Å². The topological polar surface area (TPSA) is 87.8 Å². The lowest BCUT2D eigenvalue weighted by molar-refractivity contribution is -0.115. The van der Waals surface area contributed by atoms with Gasteiger partial charge in [0.05, 0.1) is 27.6 Å². The highest BCUT2D eigenvalue weighted by Crippen LogP contribution is 2.44. The van der Waals surface area contributed by atoms with Crippen molar-refractivity contribution in [2.45, 2.75) is 36.1 Å². The molecule has 0 aliphatic heterocycles. The number of nitrogens with one attached hydrogen (secondary N) is 1. The Morgan fingerprint density at radius 2 is 1.94 bits per heavy atom. The number of rotatable bonds is 6. The summed E-state index contributed by atoms with van der Waals surface area (Å²) in [6.07, 6.45) is 2.21. The van der Waals surface area contributed by atoms with Crippen molar-refractivity contribution in [2.24, 2.45) is 0 Å². The lowest BCUT2D eigenvalue weighted by Crippen LogP contribution is -2.26. The third-order valence-electron chi connectivity index (χ3n) is 5.59. The van der Waals surface area contributed by atoms with Crippen molar-refractivity contribution in [3.63, 3.8) is 0 Å². The average molecular weight is 473 g/mol. The average Bonchev–Trinajstić information content (AvgIpc) is 3.59. The third kappa shape index (κ3) is 4.17. The molecule has 2 aromatic carbocycles. The van der Waals surface area contributed by atoms with Crippen LogP contribution in [0.4, 0.5) is 5.69 Å². The van der Waals surface area contributed by atoms with Crippen molar-refractivity contribution in [3.05, 3.63) is 81.5 Å². The quantitative estimate of drug-likeness (QED) is 0.303. The summed E-state index contributed by atoms with van der Waals surface area (Å²) in [6, 6.07) is 18.4. The number of anilines is 1. The predicted octanol–water partition coefficient (Wildman–Crippen LogP) is 5.32. The number of thiophene rings is 1. The van der Waals surface area contributed by atoms with Gasteiger partial charge in [0.2, 0.25) is 5.91 Å². The first-order chi connectivity index (χ1) is 16.1. The van der Waals surface area contributed by atoms with Gasteiger partial charge in [0.25, 0.3) is 5.56 Å². The van der Waals surface area contributed by atoms with E-state index >= 15 is 0 Å². The van der Waals surface area contributed by atoms with Gasteiger partial charge in [-0.05, 0) is 60.9 Å². The number of aromatic nitrogens is 2. The number of benzene rings is 2. The summed E-state index contributed by atoms with van der Waals surface area (Å²) in [7, 11) is 0. The molecule has 0 spiro atoms. The van der Waals surface area contributed by atoms with E-state index in [1.807, 2.05) is 30.3 Å². The van der Waals surface area contributed by atoms with Crippen LogP contribution < -0.4 is 10.9 Å². The van der Waals surface area contributed by atoms with Gasteiger partial charge in [-0.25, -0.2) is 4.98 Å². The molecule has 1 fully saturated rings. The van der Waals surface area contributed by atoms with Gasteiger partial charge in [-0.3, -0.25) is 14.2 Å². The van der Waals surface area contributed by atoms with E-state index in [0.717, 1.165) is 24.1 Å². The molecule has 1 amide bonds. The van der Waals surface area contributed by atoms with Gasteiger partial charge >= 0.3 is 0 Å². The van der Waals surface area contributed by atoms with Gasteiger partial charge in [0, 0.05) is 0 Å². The highest BCUT2D eigenvalue weighted by atomic mass is 32.2. The van der Waals surface area contributed by atoms with Crippen LogP contribution in [0, 0.1) is 11.3 Å². The summed E-state index contributed by atoms with van der Waals surface area (Å²) < 4.78 is 1.61. The molecule has 164 valence electrons. The molecule has 5 rings (SSSR count). The number of hydrogen-bond donors (Lipinski definition) is 1. The van der Waals surface area contributed by atoms with E-state index in [2.05, 4.69) is 16.8 Å². The fourth-order valence-electron chi connectivity index (χ4n) is 3.71. The number of amides is 1. The molecular weight excluding hydrogens is 452 g/mol. The summed E-state index contributed by atoms with van der Waals surface area (Å²) in [6.45, 7) is 1.77. The molecule has 1 aliphatic carbocycles. The second-order valence-corrected chi connectivity index (χ2v) is 10.1. The third-order valence-corrected chi connectivity index (χ3v) is 7.54. The zero-order valence-corrected chi connectivity index (χ0v) is 19.5. The maximum Gasteiger partial charge on any atom is 0.267 e. The molecule has 0 bridgehead atoms. The standard InChI is InChI=1S/C25H20N4O2S2/c1-15(22(30)27-20-10-6-5-7-17(20)13-26)33-25-28-23-21(19(14-32-23)16-11-12-16)24(31)29(25)18-8-3-2-4-9-18/h2-10,14-16H,11-12H2,1H3,(H,27,30). The van der Waals surface area contributed by atoms with E-state index < -0.39 is 5.25 Å². The van der Waals surface area contributed by atoms with Crippen molar-refractivity contribution < 1.29 is 4.79 Å². The number of hydrogen-bond acceptors (Lipinski definition) is 6. The van der Waals surface area contributed by atoms with Gasteiger partial charge in [0.1, 0.15) is 10.9 Å². The largest absolute Gasteiger partial charge is 0.324 e. The van der Waals surface area contributed by atoms with Crippen molar-refractivity contribution >= 4 is 44.9 Å². The van der Waals surface area contributed by atoms with Crippen molar-refractivity contribution in [2.75, 3.05) is 5.32 Å². The minimum absolute atomic E-state index is 0.0979. The Kier molecular flexibility index (Phi) is 5.75. The summed E-state index contributed by atoms with van der Waals surface area (Å²) >= 11 is 2.71. The maximum absolute atomic E-state index is 13.7. The summed E-state index contributed by atoms with van der Waals surface area (Å²) in [5.41, 5.74) is 2.57. The Hall–Kier alpha value is -3.41. The van der Waals surface area contributed by atoms with Crippen LogP contribution in [-0.4, -0.2) is 20.7 Å². The fraction of sp³-hybridized carbons (Fsp3) is 0.200. The van der Waals surface area contributed by atoms with Crippen molar-refractivity contribution in [1.82, 2.24) is 9.55 Å². The van der Waals surface area contributed by atoms with E-state index in [1.165, 1.54) is 23.1 Å². The first kappa shape index (κ1) is 21.4. The van der Waals surface area contributed by atoms with E-state index in [-0.39, 0.29) is 11.5 Å². The molecule has 33 heavy (non-hydrogen) atoms. The lowest BCUT2D eigenvalue weighted by atomic mass is 10.1. The number of carbonyl (C=O) groups excluding carboxylic acids is 1. The Morgan fingerprint density at radius 1 is 1.21 bits per heavy atom. The van der Waals surface area contributed by atoms with Crippen LogP contribution in [0.1, 0.15) is 36.8 Å².